The topological polar surface area (TPSA) is 87.2 Å². The van der Waals surface area contributed by atoms with Gasteiger partial charge in [0.15, 0.2) is 0 Å². The van der Waals surface area contributed by atoms with Crippen LogP contribution in [0.25, 0.3) is 0 Å². The number of carbonyl (C=O) groups excluding carboxylic acids is 2. The first-order chi connectivity index (χ1) is 13.0. The van der Waals surface area contributed by atoms with Crippen LogP contribution in [-0.4, -0.2) is 17.1 Å². The molecule has 0 radical (unpaired) electrons. The van der Waals surface area contributed by atoms with Crippen molar-refractivity contribution in [3.05, 3.63) is 40.3 Å². The minimum atomic E-state index is -0.467. The maximum absolute atomic E-state index is 13.0. The van der Waals surface area contributed by atoms with E-state index in [9.17, 15) is 14.9 Å². The molecule has 2 heterocycles. The highest BCUT2D eigenvalue weighted by Gasteiger charge is 2.43. The Morgan fingerprint density at radius 1 is 1.26 bits per heavy atom. The second-order valence-corrected chi connectivity index (χ2v) is 9.45. The number of amides is 2. The lowest BCUT2D eigenvalue weighted by Gasteiger charge is -2.17. The predicted molar refractivity (Wildman–Crippen MR) is 108 cm³/mol. The van der Waals surface area contributed by atoms with Gasteiger partial charge in [-0.05, 0) is 55.0 Å². The van der Waals surface area contributed by atoms with E-state index >= 15 is 0 Å². The quantitative estimate of drug-likeness (QED) is 0.629. The summed E-state index contributed by atoms with van der Waals surface area (Å²) >= 11 is 2.81. The number of thioether (sulfide) groups is 1. The van der Waals surface area contributed by atoms with E-state index < -0.39 is 5.25 Å². The number of fused-ring (bicyclic) bond motifs is 1. The van der Waals surface area contributed by atoms with Crippen molar-refractivity contribution in [1.82, 2.24) is 0 Å². The van der Waals surface area contributed by atoms with Crippen LogP contribution in [0.4, 0.5) is 10.7 Å². The van der Waals surface area contributed by atoms with Crippen LogP contribution in [0.1, 0.15) is 35.8 Å². The maximum atomic E-state index is 13.0. The molecule has 2 unspecified atom stereocenters. The zero-order valence-electron chi connectivity index (χ0n) is 14.9. The lowest BCUT2D eigenvalue weighted by atomic mass is 9.88. The smallest absolute Gasteiger partial charge is 0.248 e. The molecule has 1 aliphatic carbocycles. The highest BCUT2D eigenvalue weighted by atomic mass is 32.2. The van der Waals surface area contributed by atoms with Gasteiger partial charge in [-0.25, -0.2) is 4.90 Å². The van der Waals surface area contributed by atoms with Gasteiger partial charge in [-0.1, -0.05) is 6.92 Å². The molecule has 0 saturated carbocycles. The highest BCUT2D eigenvalue weighted by Crippen LogP contribution is 2.44. The number of nitriles is 1. The van der Waals surface area contributed by atoms with Gasteiger partial charge in [0, 0.05) is 21.9 Å². The van der Waals surface area contributed by atoms with Gasteiger partial charge in [0.1, 0.15) is 11.1 Å². The molecular weight excluding hydrogens is 378 g/mol. The van der Waals surface area contributed by atoms with Crippen molar-refractivity contribution in [1.29, 1.82) is 5.26 Å². The third-order valence-corrected chi connectivity index (χ3v) is 7.51. The molecule has 2 amide bonds. The van der Waals surface area contributed by atoms with Crippen molar-refractivity contribution in [3.63, 3.8) is 0 Å². The lowest BCUT2D eigenvalue weighted by Crippen LogP contribution is -2.31. The van der Waals surface area contributed by atoms with Crippen molar-refractivity contribution in [2.45, 2.75) is 42.8 Å². The molecule has 1 aromatic heterocycles. The lowest BCUT2D eigenvalue weighted by molar-refractivity contribution is -0.121. The minimum Gasteiger partial charge on any atom is -0.399 e. The van der Waals surface area contributed by atoms with Gasteiger partial charge in [-0.3, -0.25) is 9.59 Å². The molecule has 2 aromatic rings. The molecule has 4 rings (SSSR count). The second-order valence-electron chi connectivity index (χ2n) is 7.09. The summed E-state index contributed by atoms with van der Waals surface area (Å²) in [5.74, 6) is 0.107. The van der Waals surface area contributed by atoms with Crippen molar-refractivity contribution in [2.24, 2.45) is 5.92 Å². The zero-order valence-corrected chi connectivity index (χ0v) is 16.5. The van der Waals surface area contributed by atoms with E-state index in [4.69, 9.17) is 5.73 Å². The summed E-state index contributed by atoms with van der Waals surface area (Å²) in [5, 5.41) is 9.73. The number of anilines is 2. The van der Waals surface area contributed by atoms with Crippen LogP contribution in [0, 0.1) is 17.2 Å². The Balaban J connectivity index is 1.63. The highest BCUT2D eigenvalue weighted by molar-refractivity contribution is 8.00. The molecule has 7 heteroatoms. The van der Waals surface area contributed by atoms with Crippen molar-refractivity contribution < 1.29 is 9.59 Å². The fourth-order valence-corrected chi connectivity index (χ4v) is 6.17. The molecule has 1 aliphatic heterocycles. The number of rotatable bonds is 3. The van der Waals surface area contributed by atoms with Gasteiger partial charge in [0.25, 0.3) is 0 Å². The van der Waals surface area contributed by atoms with Gasteiger partial charge < -0.3 is 5.73 Å². The van der Waals surface area contributed by atoms with Crippen LogP contribution < -0.4 is 10.6 Å². The molecular formula is C20H19N3O2S2. The van der Waals surface area contributed by atoms with Crippen LogP contribution in [0.15, 0.2) is 29.2 Å². The Labute approximate surface area is 166 Å². The van der Waals surface area contributed by atoms with Crippen molar-refractivity contribution in [3.8, 4) is 6.07 Å². The largest absolute Gasteiger partial charge is 0.399 e. The summed E-state index contributed by atoms with van der Waals surface area (Å²) in [5.41, 5.74) is 7.91. The van der Waals surface area contributed by atoms with Crippen LogP contribution >= 0.6 is 23.1 Å². The zero-order chi connectivity index (χ0) is 19.1. The van der Waals surface area contributed by atoms with Gasteiger partial charge in [0.05, 0.1) is 10.8 Å². The normalized spacial score (nSPS) is 22.0. The molecule has 2 aliphatic rings. The molecule has 0 bridgehead atoms. The third kappa shape index (κ3) is 3.24. The summed E-state index contributed by atoms with van der Waals surface area (Å²) in [6.07, 6.45) is 2.94. The number of nitrogen functional groups attached to an aromatic ring is 1. The molecule has 27 heavy (non-hydrogen) atoms. The van der Waals surface area contributed by atoms with Gasteiger partial charge in [-0.15, -0.1) is 23.1 Å². The second kappa shape index (κ2) is 7.02. The Morgan fingerprint density at radius 3 is 2.70 bits per heavy atom. The van der Waals surface area contributed by atoms with E-state index in [-0.39, 0.29) is 18.2 Å². The molecule has 2 atom stereocenters. The van der Waals surface area contributed by atoms with Gasteiger partial charge in [-0.2, -0.15) is 5.26 Å². The van der Waals surface area contributed by atoms with Crippen molar-refractivity contribution in [2.75, 3.05) is 10.6 Å². The standard InChI is InChI=1S/C20H19N3O2S2/c1-11-2-7-14-15(10-21)20(27-16(14)8-11)23-18(24)9-17(19(23)25)26-13-5-3-12(22)4-6-13/h3-6,11,17H,2,7-9,22H2,1H3. The Bertz CT molecular complexity index is 959. The van der Waals surface area contributed by atoms with Crippen LogP contribution in [0.2, 0.25) is 0 Å². The van der Waals surface area contributed by atoms with Crippen LogP contribution in [-0.2, 0) is 22.4 Å². The monoisotopic (exact) mass is 397 g/mol. The minimum absolute atomic E-state index is 0.151. The van der Waals surface area contributed by atoms with Gasteiger partial charge >= 0.3 is 0 Å². The summed E-state index contributed by atoms with van der Waals surface area (Å²) < 4.78 is 0. The van der Waals surface area contributed by atoms with Gasteiger partial charge in [0.2, 0.25) is 11.8 Å². The van der Waals surface area contributed by atoms with E-state index in [2.05, 4.69) is 13.0 Å². The number of nitrogens with two attached hydrogens (primary N) is 1. The average Bonchev–Trinajstić information content (AvgIpc) is 3.12. The first-order valence-electron chi connectivity index (χ1n) is 8.91. The van der Waals surface area contributed by atoms with E-state index in [1.54, 1.807) is 12.1 Å². The first-order valence-corrected chi connectivity index (χ1v) is 10.6. The van der Waals surface area contributed by atoms with Crippen LogP contribution in [0.5, 0.6) is 0 Å². The molecule has 138 valence electrons. The summed E-state index contributed by atoms with van der Waals surface area (Å²) in [4.78, 5) is 28.9. The molecule has 1 fully saturated rings. The van der Waals surface area contributed by atoms with E-state index in [0.29, 0.717) is 22.2 Å². The molecule has 1 saturated heterocycles. The molecule has 0 spiro atoms. The maximum Gasteiger partial charge on any atom is 0.248 e. The summed E-state index contributed by atoms with van der Waals surface area (Å²) in [6.45, 7) is 2.19. The number of nitrogens with zero attached hydrogens (tertiary/aromatic N) is 2. The fraction of sp³-hybridized carbons (Fsp3) is 0.350. The average molecular weight is 398 g/mol. The molecule has 1 aromatic carbocycles. The number of benzene rings is 1. The number of thiophene rings is 1. The van der Waals surface area contributed by atoms with Crippen LogP contribution in [0.3, 0.4) is 0 Å². The fourth-order valence-electron chi connectivity index (χ4n) is 3.63. The number of carbonyl (C=O) groups is 2. The van der Waals surface area contributed by atoms with E-state index in [1.165, 1.54) is 28.0 Å². The Morgan fingerprint density at radius 2 is 2.00 bits per heavy atom. The number of imide groups is 1. The number of hydrogen-bond acceptors (Lipinski definition) is 6. The summed E-state index contributed by atoms with van der Waals surface area (Å²) in [7, 11) is 0. The first kappa shape index (κ1) is 18.1. The third-order valence-electron chi connectivity index (χ3n) is 5.07. The predicted octanol–water partition coefficient (Wildman–Crippen LogP) is 3.75. The van der Waals surface area contributed by atoms with Crippen molar-refractivity contribution >= 4 is 45.6 Å². The SMILES string of the molecule is CC1CCc2c(sc(N3C(=O)CC(Sc4ccc(N)cc4)C3=O)c2C#N)C1. The number of hydrogen-bond donors (Lipinski definition) is 1. The molecule has 2 N–H and O–H groups in total. The Hall–Kier alpha value is -2.30. The summed E-state index contributed by atoms with van der Waals surface area (Å²) in [6, 6.07) is 9.52. The Kier molecular flexibility index (Phi) is 4.70. The van der Waals surface area contributed by atoms with E-state index in [0.717, 1.165) is 34.6 Å². The van der Waals surface area contributed by atoms with E-state index in [1.807, 2.05) is 12.1 Å². The molecule has 5 nitrogen and oxygen atoms in total.